The van der Waals surface area contributed by atoms with E-state index in [1.807, 2.05) is 50.3 Å². The molecule has 0 amide bonds. The van der Waals surface area contributed by atoms with Gasteiger partial charge < -0.3 is 4.90 Å². The number of anilines is 3. The third-order valence-electron chi connectivity index (χ3n) is 9.00. The summed E-state index contributed by atoms with van der Waals surface area (Å²) < 4.78 is 0. The lowest BCUT2D eigenvalue weighted by Crippen LogP contribution is -2.12. The number of rotatable bonds is 10. The molecule has 0 heterocycles. The third-order valence-corrected chi connectivity index (χ3v) is 9.00. The van der Waals surface area contributed by atoms with E-state index in [9.17, 15) is 9.59 Å². The largest absolute Gasteiger partial charge is 0.310 e. The Morgan fingerprint density at radius 3 is 2.10 bits per heavy atom. The molecule has 3 heteroatoms. The fourth-order valence-electron chi connectivity index (χ4n) is 6.39. The van der Waals surface area contributed by atoms with Crippen molar-refractivity contribution in [3.63, 3.8) is 0 Å². The molecule has 6 rings (SSSR count). The lowest BCUT2D eigenvalue weighted by molar-refractivity contribution is -0.115. The van der Waals surface area contributed by atoms with Crippen molar-refractivity contribution in [2.24, 2.45) is 0 Å². The quantitative estimate of drug-likeness (QED) is 0.0858. The molecule has 0 N–H and O–H groups in total. The van der Waals surface area contributed by atoms with Crippen LogP contribution in [0.2, 0.25) is 0 Å². The van der Waals surface area contributed by atoms with Gasteiger partial charge in [-0.15, -0.1) is 0 Å². The Labute approximate surface area is 294 Å². The monoisotopic (exact) mass is 649 g/mol. The summed E-state index contributed by atoms with van der Waals surface area (Å²) in [5.41, 5.74) is 8.52. The van der Waals surface area contributed by atoms with E-state index in [-0.39, 0.29) is 17.1 Å². The van der Waals surface area contributed by atoms with Crippen molar-refractivity contribution in [2.45, 2.75) is 20.8 Å². The van der Waals surface area contributed by atoms with E-state index in [1.54, 1.807) is 31.2 Å². The van der Waals surface area contributed by atoms with Crippen LogP contribution in [-0.4, -0.2) is 11.6 Å². The molecule has 0 spiro atoms. The Balaban J connectivity index is 1.41. The molecule has 1 aliphatic rings. The van der Waals surface area contributed by atoms with Crippen LogP contribution < -0.4 is 4.90 Å². The molecule has 0 bridgehead atoms. The SMILES string of the molecule is C=C/C=C\C(=C\C1=C(C)C(=O)/C(=C/c2ccc3cc(N(c4ccc5ccccc5c4)c4cccc(/C=C\C)c4C=C)ccc3c2)C1=O)C(=C)C. The molecule has 1 aliphatic carbocycles. The summed E-state index contributed by atoms with van der Waals surface area (Å²) in [6, 6.07) is 33.6. The van der Waals surface area contributed by atoms with Crippen molar-refractivity contribution in [1.29, 1.82) is 0 Å². The molecule has 0 atom stereocenters. The molecule has 0 radical (unpaired) electrons. The summed E-state index contributed by atoms with van der Waals surface area (Å²) in [6.07, 6.45) is 14.8. The standard InChI is InChI=1S/C47H39NO2/c1-7-10-15-36(31(4)5)30-43-32(6)46(49)44(47(43)50)27-33-20-21-39-29-41(25-23-38(39)26-33)48(40-24-22-34-16-11-12-17-37(34)28-40)45-19-13-18-35(14-8-2)42(45)9-3/h7-30H,1,3-4H2,2,5-6H3/b14-8-,15-10-,36-30-,44-27-. The molecule has 0 aliphatic heterocycles. The number of allylic oxidation sites excluding steroid dienone is 10. The predicted molar refractivity (Wildman–Crippen MR) is 214 cm³/mol. The maximum Gasteiger partial charge on any atom is 0.197 e. The van der Waals surface area contributed by atoms with Gasteiger partial charge in [0.25, 0.3) is 0 Å². The molecule has 0 fully saturated rings. The van der Waals surface area contributed by atoms with Crippen LogP contribution in [0.1, 0.15) is 37.5 Å². The molecule has 5 aromatic carbocycles. The van der Waals surface area contributed by atoms with E-state index in [4.69, 9.17) is 0 Å². The molecule has 244 valence electrons. The minimum absolute atomic E-state index is 0.166. The van der Waals surface area contributed by atoms with E-state index in [0.29, 0.717) is 11.1 Å². The normalized spacial score (nSPS) is 14.5. The van der Waals surface area contributed by atoms with Crippen LogP contribution in [0.4, 0.5) is 17.1 Å². The van der Waals surface area contributed by atoms with Crippen molar-refractivity contribution in [2.75, 3.05) is 4.90 Å². The lowest BCUT2D eigenvalue weighted by atomic mass is 9.99. The molecule has 0 aromatic heterocycles. The number of benzene rings is 5. The zero-order chi connectivity index (χ0) is 35.4. The Kier molecular flexibility index (Phi) is 9.69. The van der Waals surface area contributed by atoms with E-state index < -0.39 is 0 Å². The third kappa shape index (κ3) is 6.54. The predicted octanol–water partition coefficient (Wildman–Crippen LogP) is 12.2. The molecule has 3 nitrogen and oxygen atoms in total. The zero-order valence-electron chi connectivity index (χ0n) is 28.7. The van der Waals surface area contributed by atoms with Gasteiger partial charge in [0.1, 0.15) is 0 Å². The first-order valence-corrected chi connectivity index (χ1v) is 16.6. The molecular formula is C47H39NO2. The van der Waals surface area contributed by atoms with Crippen LogP contribution in [0, 0.1) is 0 Å². The van der Waals surface area contributed by atoms with Gasteiger partial charge in [0.15, 0.2) is 11.6 Å². The minimum Gasteiger partial charge on any atom is -0.310 e. The number of carbonyl (C=O) groups excluding carboxylic acids is 2. The van der Waals surface area contributed by atoms with Crippen molar-refractivity contribution >= 4 is 68.4 Å². The smallest absolute Gasteiger partial charge is 0.197 e. The highest BCUT2D eigenvalue weighted by atomic mass is 16.2. The average molecular weight is 650 g/mol. The highest BCUT2D eigenvalue weighted by Gasteiger charge is 2.32. The van der Waals surface area contributed by atoms with Gasteiger partial charge in [-0.25, -0.2) is 0 Å². The number of Topliss-reactive ketones (excluding diaryl/α,β-unsaturated/α-hetero) is 2. The molecule has 0 unspecified atom stereocenters. The lowest BCUT2D eigenvalue weighted by Gasteiger charge is -2.28. The van der Waals surface area contributed by atoms with Gasteiger partial charge in [-0.2, -0.15) is 0 Å². The fourth-order valence-corrected chi connectivity index (χ4v) is 6.39. The fraction of sp³-hybridized carbons (Fsp3) is 0.0638. The van der Waals surface area contributed by atoms with Gasteiger partial charge in [-0.1, -0.05) is 122 Å². The molecular weight excluding hydrogens is 611 g/mol. The van der Waals surface area contributed by atoms with Gasteiger partial charge in [0, 0.05) is 28.1 Å². The summed E-state index contributed by atoms with van der Waals surface area (Å²) in [4.78, 5) is 29.1. The number of hydrogen-bond acceptors (Lipinski definition) is 3. The average Bonchev–Trinajstić information content (AvgIpc) is 3.32. The van der Waals surface area contributed by atoms with Gasteiger partial charge in [0.05, 0.1) is 11.3 Å². The van der Waals surface area contributed by atoms with E-state index >= 15 is 0 Å². The van der Waals surface area contributed by atoms with Crippen LogP contribution in [0.25, 0.3) is 39.8 Å². The highest BCUT2D eigenvalue weighted by Crippen LogP contribution is 2.41. The van der Waals surface area contributed by atoms with Gasteiger partial charge in [-0.05, 0) is 108 Å². The van der Waals surface area contributed by atoms with E-state index in [1.165, 1.54) is 5.39 Å². The second kappa shape index (κ2) is 14.4. The molecule has 5 aromatic rings. The summed E-state index contributed by atoms with van der Waals surface area (Å²) in [5.74, 6) is -0.535. The van der Waals surface area contributed by atoms with Crippen LogP contribution in [0.15, 0.2) is 175 Å². The minimum atomic E-state index is -0.280. The van der Waals surface area contributed by atoms with Crippen LogP contribution >= 0.6 is 0 Å². The van der Waals surface area contributed by atoms with Gasteiger partial charge in [0.2, 0.25) is 0 Å². The maximum atomic E-state index is 13.5. The summed E-state index contributed by atoms with van der Waals surface area (Å²) in [7, 11) is 0. The summed E-state index contributed by atoms with van der Waals surface area (Å²) >= 11 is 0. The Morgan fingerprint density at radius 1 is 0.760 bits per heavy atom. The van der Waals surface area contributed by atoms with Gasteiger partial charge in [-0.3, -0.25) is 9.59 Å². The van der Waals surface area contributed by atoms with Gasteiger partial charge >= 0.3 is 0 Å². The highest BCUT2D eigenvalue weighted by molar-refractivity contribution is 6.40. The van der Waals surface area contributed by atoms with E-state index in [2.05, 4.69) is 110 Å². The maximum absolute atomic E-state index is 13.5. The number of fused-ring (bicyclic) bond motifs is 2. The first-order chi connectivity index (χ1) is 24.2. The topological polar surface area (TPSA) is 37.4 Å². The van der Waals surface area contributed by atoms with Crippen molar-refractivity contribution < 1.29 is 9.59 Å². The first kappa shape index (κ1) is 33.6. The second-order valence-electron chi connectivity index (χ2n) is 12.4. The zero-order valence-corrected chi connectivity index (χ0v) is 28.7. The van der Waals surface area contributed by atoms with Crippen LogP contribution in [-0.2, 0) is 9.59 Å². The number of hydrogen-bond donors (Lipinski definition) is 0. The van der Waals surface area contributed by atoms with E-state index in [0.717, 1.165) is 61.1 Å². The molecule has 0 saturated heterocycles. The van der Waals surface area contributed by atoms with Crippen molar-refractivity contribution in [3.8, 4) is 0 Å². The molecule has 0 saturated carbocycles. The molecule has 50 heavy (non-hydrogen) atoms. The summed E-state index contributed by atoms with van der Waals surface area (Å²) in [5, 5.41) is 4.36. The number of nitrogens with zero attached hydrogens (tertiary/aromatic N) is 1. The van der Waals surface area contributed by atoms with Crippen molar-refractivity contribution in [3.05, 3.63) is 192 Å². The Hall–Kier alpha value is -6.32. The Bertz CT molecular complexity index is 2390. The Morgan fingerprint density at radius 2 is 1.42 bits per heavy atom. The van der Waals surface area contributed by atoms with Crippen molar-refractivity contribution in [1.82, 2.24) is 0 Å². The summed E-state index contributed by atoms with van der Waals surface area (Å²) in [6.45, 7) is 17.5. The first-order valence-electron chi connectivity index (χ1n) is 16.6. The number of carbonyl (C=O) groups is 2. The van der Waals surface area contributed by atoms with Crippen LogP contribution in [0.3, 0.4) is 0 Å². The van der Waals surface area contributed by atoms with Crippen LogP contribution in [0.5, 0.6) is 0 Å². The second-order valence-corrected chi connectivity index (χ2v) is 12.4. The number of ketones is 2.